The van der Waals surface area contributed by atoms with E-state index in [9.17, 15) is 4.79 Å². The van der Waals surface area contributed by atoms with Gasteiger partial charge in [-0.25, -0.2) is 0 Å². The van der Waals surface area contributed by atoms with E-state index >= 15 is 0 Å². The summed E-state index contributed by atoms with van der Waals surface area (Å²) in [7, 11) is 0. The first kappa shape index (κ1) is 11.8. The van der Waals surface area contributed by atoms with E-state index in [0.717, 1.165) is 35.1 Å². The molecule has 1 aromatic carbocycles. The predicted octanol–water partition coefficient (Wildman–Crippen LogP) is 2.44. The first-order valence-electron chi connectivity index (χ1n) is 6.38. The van der Waals surface area contributed by atoms with Crippen molar-refractivity contribution in [3.05, 3.63) is 39.7 Å². The van der Waals surface area contributed by atoms with Crippen LogP contribution in [0, 0.1) is 18.3 Å². The third kappa shape index (κ3) is 1.97. The van der Waals surface area contributed by atoms with Crippen LogP contribution in [0.15, 0.2) is 23.0 Å². The molecule has 0 bridgehead atoms. The highest BCUT2D eigenvalue weighted by Crippen LogP contribution is 2.37. The maximum Gasteiger partial charge on any atom is 0.248 e. The zero-order valence-corrected chi connectivity index (χ0v) is 10.7. The van der Waals surface area contributed by atoms with Gasteiger partial charge in [0.15, 0.2) is 0 Å². The van der Waals surface area contributed by atoms with Crippen molar-refractivity contribution in [1.29, 1.82) is 5.26 Å². The summed E-state index contributed by atoms with van der Waals surface area (Å²) in [4.78, 5) is 14.3. The predicted molar refractivity (Wildman–Crippen MR) is 72.3 cm³/mol. The Bertz CT molecular complexity index is 740. The fraction of sp³-hybridized carbons (Fsp3) is 0.333. The van der Waals surface area contributed by atoms with Gasteiger partial charge in [-0.1, -0.05) is 6.07 Å². The maximum atomic E-state index is 11.4. The molecule has 0 spiro atoms. The smallest absolute Gasteiger partial charge is 0.248 e. The Morgan fingerprint density at radius 1 is 1.53 bits per heavy atom. The largest absolute Gasteiger partial charge is 0.489 e. The van der Waals surface area contributed by atoms with Gasteiger partial charge >= 0.3 is 0 Å². The molecule has 1 atom stereocenters. The van der Waals surface area contributed by atoms with Gasteiger partial charge in [0, 0.05) is 24.3 Å². The molecular weight excluding hydrogens is 240 g/mol. The Morgan fingerprint density at radius 3 is 3.16 bits per heavy atom. The van der Waals surface area contributed by atoms with Gasteiger partial charge in [-0.2, -0.15) is 5.26 Å². The van der Waals surface area contributed by atoms with Crippen molar-refractivity contribution >= 4 is 10.9 Å². The summed E-state index contributed by atoms with van der Waals surface area (Å²) in [5, 5.41) is 9.60. The number of aromatic amines is 1. The summed E-state index contributed by atoms with van der Waals surface area (Å²) in [6.07, 6.45) is 2.17. The van der Waals surface area contributed by atoms with Crippen molar-refractivity contribution < 1.29 is 4.74 Å². The Morgan fingerprint density at radius 2 is 2.37 bits per heavy atom. The van der Waals surface area contributed by atoms with E-state index in [2.05, 4.69) is 17.1 Å². The first-order valence-corrected chi connectivity index (χ1v) is 6.38. The van der Waals surface area contributed by atoms with E-state index < -0.39 is 0 Å². The van der Waals surface area contributed by atoms with Gasteiger partial charge in [0.1, 0.15) is 11.9 Å². The summed E-state index contributed by atoms with van der Waals surface area (Å²) >= 11 is 0. The lowest BCUT2D eigenvalue weighted by atomic mass is 10.0. The highest BCUT2D eigenvalue weighted by molar-refractivity contribution is 5.89. The van der Waals surface area contributed by atoms with Gasteiger partial charge in [0.2, 0.25) is 5.56 Å². The monoisotopic (exact) mass is 254 g/mol. The van der Waals surface area contributed by atoms with Crippen LogP contribution >= 0.6 is 0 Å². The number of hydrogen-bond acceptors (Lipinski definition) is 3. The summed E-state index contributed by atoms with van der Waals surface area (Å²) < 4.78 is 5.94. The van der Waals surface area contributed by atoms with Crippen LogP contribution in [-0.4, -0.2) is 11.1 Å². The van der Waals surface area contributed by atoms with Crippen LogP contribution < -0.4 is 10.3 Å². The zero-order valence-electron chi connectivity index (χ0n) is 10.7. The van der Waals surface area contributed by atoms with E-state index in [-0.39, 0.29) is 11.7 Å². The first-order chi connectivity index (χ1) is 9.19. The molecule has 4 nitrogen and oxygen atoms in total. The summed E-state index contributed by atoms with van der Waals surface area (Å²) in [5.74, 6) is 0.861. The number of aryl methyl sites for hydroxylation is 1. The van der Waals surface area contributed by atoms with Gasteiger partial charge in [0.05, 0.1) is 11.6 Å². The molecule has 1 N–H and O–H groups in total. The summed E-state index contributed by atoms with van der Waals surface area (Å²) in [6.45, 7) is 1.99. The fourth-order valence-corrected chi connectivity index (χ4v) is 2.68. The zero-order chi connectivity index (χ0) is 13.4. The highest BCUT2D eigenvalue weighted by Gasteiger charge is 2.25. The normalized spacial score (nSPS) is 16.9. The molecule has 1 unspecified atom stereocenters. The molecule has 19 heavy (non-hydrogen) atoms. The molecule has 0 saturated carbocycles. The van der Waals surface area contributed by atoms with Crippen LogP contribution in [-0.2, 0) is 6.42 Å². The van der Waals surface area contributed by atoms with E-state index in [4.69, 9.17) is 10.00 Å². The van der Waals surface area contributed by atoms with Crippen LogP contribution in [0.4, 0.5) is 0 Å². The minimum atomic E-state index is -0.102. The van der Waals surface area contributed by atoms with Crippen molar-refractivity contribution in [1.82, 2.24) is 4.98 Å². The molecule has 0 fully saturated rings. The second-order valence-electron chi connectivity index (χ2n) is 4.93. The van der Waals surface area contributed by atoms with Crippen molar-refractivity contribution in [2.75, 3.05) is 0 Å². The Hall–Kier alpha value is -2.28. The average molecular weight is 254 g/mol. The number of rotatable bonds is 2. The number of aromatic nitrogens is 1. The van der Waals surface area contributed by atoms with Crippen LogP contribution in [0.25, 0.3) is 10.9 Å². The topological polar surface area (TPSA) is 65.9 Å². The molecule has 1 aliphatic heterocycles. The van der Waals surface area contributed by atoms with Crippen molar-refractivity contribution in [3.8, 4) is 11.8 Å². The average Bonchev–Trinajstić information content (AvgIpc) is 2.79. The van der Waals surface area contributed by atoms with Crippen LogP contribution in [0.1, 0.15) is 24.0 Å². The van der Waals surface area contributed by atoms with Crippen molar-refractivity contribution in [2.24, 2.45) is 0 Å². The standard InChI is InChI=1S/C15H14N2O2/c1-9-7-10-8-11(3-2-6-16)19-15(10)12-4-5-13(18)17-14(9)12/h4-5,7,11H,2-3,8H2,1H3,(H,17,18). The molecule has 0 saturated heterocycles. The number of nitriles is 1. The minimum absolute atomic E-state index is 0.0755. The van der Waals surface area contributed by atoms with Crippen molar-refractivity contribution in [3.63, 3.8) is 0 Å². The molecule has 0 amide bonds. The number of nitrogens with one attached hydrogen (secondary N) is 1. The number of ether oxygens (including phenoxy) is 1. The number of pyridine rings is 1. The Balaban J connectivity index is 2.08. The van der Waals surface area contributed by atoms with Gasteiger partial charge < -0.3 is 9.72 Å². The molecule has 1 aromatic heterocycles. The lowest BCUT2D eigenvalue weighted by Crippen LogP contribution is -2.12. The van der Waals surface area contributed by atoms with E-state index in [0.29, 0.717) is 6.42 Å². The van der Waals surface area contributed by atoms with Gasteiger partial charge in [0.25, 0.3) is 0 Å². The third-order valence-corrected chi connectivity index (χ3v) is 3.55. The van der Waals surface area contributed by atoms with Crippen molar-refractivity contribution in [2.45, 2.75) is 32.3 Å². The molecule has 2 heterocycles. The third-order valence-electron chi connectivity index (χ3n) is 3.55. The Kier molecular flexibility index (Phi) is 2.75. The quantitative estimate of drug-likeness (QED) is 0.895. The highest BCUT2D eigenvalue weighted by atomic mass is 16.5. The van der Waals surface area contributed by atoms with E-state index in [1.54, 1.807) is 0 Å². The van der Waals surface area contributed by atoms with E-state index in [1.165, 1.54) is 11.6 Å². The number of fused-ring (bicyclic) bond motifs is 3. The van der Waals surface area contributed by atoms with Crippen LogP contribution in [0.3, 0.4) is 0 Å². The minimum Gasteiger partial charge on any atom is -0.489 e. The van der Waals surface area contributed by atoms with Gasteiger partial charge in [-0.05, 0) is 30.5 Å². The number of hydrogen-bond donors (Lipinski definition) is 1. The number of H-pyrrole nitrogens is 1. The molecule has 4 heteroatoms. The lowest BCUT2D eigenvalue weighted by molar-refractivity contribution is 0.225. The molecular formula is C15H14N2O2. The summed E-state index contributed by atoms with van der Waals surface area (Å²) in [6, 6.07) is 7.55. The summed E-state index contributed by atoms with van der Waals surface area (Å²) in [5.41, 5.74) is 2.96. The number of nitrogens with zero attached hydrogens (tertiary/aromatic N) is 1. The van der Waals surface area contributed by atoms with E-state index in [1.807, 2.05) is 13.0 Å². The second kappa shape index (κ2) is 4.43. The molecule has 0 radical (unpaired) electrons. The molecule has 2 aromatic rings. The van der Waals surface area contributed by atoms with Crippen LogP contribution in [0.5, 0.6) is 5.75 Å². The number of benzene rings is 1. The second-order valence-corrected chi connectivity index (χ2v) is 4.93. The van der Waals surface area contributed by atoms with Crippen LogP contribution in [0.2, 0.25) is 0 Å². The molecule has 3 rings (SSSR count). The Labute approximate surface area is 110 Å². The van der Waals surface area contributed by atoms with Gasteiger partial charge in [-0.15, -0.1) is 0 Å². The van der Waals surface area contributed by atoms with Gasteiger partial charge in [-0.3, -0.25) is 4.79 Å². The fourth-order valence-electron chi connectivity index (χ4n) is 2.68. The molecule has 0 aliphatic carbocycles. The SMILES string of the molecule is Cc1cc2c(c3ccc(=O)[nH]c13)OC(CCC#N)C2. The maximum absolute atomic E-state index is 11.4. The lowest BCUT2D eigenvalue weighted by Gasteiger charge is -2.10. The molecule has 96 valence electrons. The molecule has 1 aliphatic rings.